The molecule has 4 nitrogen and oxygen atoms in total. The van der Waals surface area contributed by atoms with Crippen LogP contribution in [0.4, 0.5) is 0 Å². The smallest absolute Gasteiger partial charge is 0.246 e. The van der Waals surface area contributed by atoms with E-state index < -0.39 is 6.04 Å². The molecule has 1 aliphatic heterocycles. The van der Waals surface area contributed by atoms with Crippen LogP contribution in [0.25, 0.3) is 0 Å². The lowest BCUT2D eigenvalue weighted by Gasteiger charge is -2.34. The van der Waals surface area contributed by atoms with Crippen LogP contribution in [-0.4, -0.2) is 41.6 Å². The summed E-state index contributed by atoms with van der Waals surface area (Å²) in [6, 6.07) is 18.6. The summed E-state index contributed by atoms with van der Waals surface area (Å²) in [6.45, 7) is 7.36. The summed E-state index contributed by atoms with van der Waals surface area (Å²) < 4.78 is 0. The van der Waals surface area contributed by atoms with Gasteiger partial charge in [-0.05, 0) is 54.4 Å². The first-order valence-corrected chi connectivity index (χ1v) is 12.2. The average molecular weight is 439 g/mol. The number of benzene rings is 2. The normalized spacial score (nSPS) is 15.7. The Bertz CT molecular complexity index is 843. The number of nitrogens with zero attached hydrogens (tertiary/aromatic N) is 1. The molecule has 0 bridgehead atoms. The van der Waals surface area contributed by atoms with Gasteiger partial charge in [0.25, 0.3) is 0 Å². The Kier molecular flexibility index (Phi) is 8.59. The van der Waals surface area contributed by atoms with Crippen LogP contribution in [0.3, 0.4) is 0 Å². The summed E-state index contributed by atoms with van der Waals surface area (Å²) in [5.41, 5.74) is 2.67. The Morgan fingerprint density at radius 3 is 2.26 bits per heavy atom. The third kappa shape index (κ3) is 7.13. The number of carbonyl (C=O) groups excluding carboxylic acids is 2. The molecule has 31 heavy (non-hydrogen) atoms. The topological polar surface area (TPSA) is 49.4 Å². The van der Waals surface area contributed by atoms with E-state index in [1.807, 2.05) is 11.0 Å². The highest BCUT2D eigenvalue weighted by molar-refractivity contribution is 7.99. The SMILES string of the molecule is CC(=O)NC(CSc1ccc(C(C)C)cc1)C(=O)N1CCC(Cc2ccccc2)CC1. The summed E-state index contributed by atoms with van der Waals surface area (Å²) in [7, 11) is 0. The summed E-state index contributed by atoms with van der Waals surface area (Å²) in [6.07, 6.45) is 3.09. The number of likely N-dealkylation sites (tertiary alicyclic amines) is 1. The molecule has 166 valence electrons. The minimum atomic E-state index is -0.488. The summed E-state index contributed by atoms with van der Waals surface area (Å²) in [5, 5.41) is 2.88. The van der Waals surface area contributed by atoms with Gasteiger partial charge in [-0.15, -0.1) is 11.8 Å². The van der Waals surface area contributed by atoms with Crippen LogP contribution in [0, 0.1) is 5.92 Å². The summed E-state index contributed by atoms with van der Waals surface area (Å²) in [4.78, 5) is 28.0. The number of rotatable bonds is 8. The molecule has 2 aromatic carbocycles. The zero-order chi connectivity index (χ0) is 22.2. The first kappa shape index (κ1) is 23.4. The molecule has 0 saturated carbocycles. The number of thioether (sulfide) groups is 1. The van der Waals surface area contributed by atoms with Gasteiger partial charge in [0.05, 0.1) is 0 Å². The molecular weight excluding hydrogens is 404 g/mol. The first-order chi connectivity index (χ1) is 14.9. The molecule has 0 aliphatic carbocycles. The highest BCUT2D eigenvalue weighted by Crippen LogP contribution is 2.25. The third-order valence-corrected chi connectivity index (χ3v) is 7.04. The number of amides is 2. The Hall–Kier alpha value is -2.27. The van der Waals surface area contributed by atoms with Gasteiger partial charge in [0.15, 0.2) is 0 Å². The van der Waals surface area contributed by atoms with Crippen LogP contribution < -0.4 is 5.32 Å². The maximum atomic E-state index is 13.2. The van der Waals surface area contributed by atoms with Gasteiger partial charge in [-0.2, -0.15) is 0 Å². The van der Waals surface area contributed by atoms with Gasteiger partial charge in [-0.3, -0.25) is 9.59 Å². The monoisotopic (exact) mass is 438 g/mol. The van der Waals surface area contributed by atoms with Crippen LogP contribution in [0.15, 0.2) is 59.5 Å². The zero-order valence-electron chi connectivity index (χ0n) is 18.8. The second kappa shape index (κ2) is 11.4. The fourth-order valence-electron chi connectivity index (χ4n) is 4.07. The molecule has 1 unspecified atom stereocenters. The predicted molar refractivity (Wildman–Crippen MR) is 128 cm³/mol. The molecule has 1 saturated heterocycles. The molecule has 1 atom stereocenters. The van der Waals surface area contributed by atoms with E-state index >= 15 is 0 Å². The van der Waals surface area contributed by atoms with Gasteiger partial charge in [0.2, 0.25) is 11.8 Å². The van der Waals surface area contributed by atoms with Crippen molar-refractivity contribution in [2.45, 2.75) is 56.9 Å². The first-order valence-electron chi connectivity index (χ1n) is 11.2. The Balaban J connectivity index is 1.54. The van der Waals surface area contributed by atoms with Crippen LogP contribution >= 0.6 is 11.8 Å². The van der Waals surface area contributed by atoms with Crippen molar-refractivity contribution in [3.8, 4) is 0 Å². The van der Waals surface area contributed by atoms with E-state index in [1.165, 1.54) is 18.1 Å². The number of hydrogen-bond acceptors (Lipinski definition) is 3. The van der Waals surface area contributed by atoms with Crippen molar-refractivity contribution in [1.29, 1.82) is 0 Å². The standard InChI is InChI=1S/C26H34N2O2S/c1-19(2)23-9-11-24(12-10-23)31-18-25(27-20(3)29)26(30)28-15-13-22(14-16-28)17-21-7-5-4-6-8-21/h4-12,19,22,25H,13-18H2,1-3H3,(H,27,29). The number of nitrogens with one attached hydrogen (secondary N) is 1. The summed E-state index contributed by atoms with van der Waals surface area (Å²) >= 11 is 1.62. The quantitative estimate of drug-likeness (QED) is 0.597. The van der Waals surface area contributed by atoms with Gasteiger partial charge in [-0.1, -0.05) is 56.3 Å². The van der Waals surface area contributed by atoms with Gasteiger partial charge < -0.3 is 10.2 Å². The van der Waals surface area contributed by atoms with Crippen molar-refractivity contribution >= 4 is 23.6 Å². The molecule has 5 heteroatoms. The second-order valence-corrected chi connectivity index (χ2v) is 9.84. The molecular formula is C26H34N2O2S. The maximum Gasteiger partial charge on any atom is 0.246 e. The molecule has 1 aliphatic rings. The molecule has 1 heterocycles. The van der Waals surface area contributed by atoms with E-state index in [4.69, 9.17) is 0 Å². The highest BCUT2D eigenvalue weighted by atomic mass is 32.2. The molecule has 2 aromatic rings. The molecule has 2 amide bonds. The fraction of sp³-hybridized carbons (Fsp3) is 0.462. The van der Waals surface area contributed by atoms with Crippen molar-refractivity contribution in [3.63, 3.8) is 0 Å². The lowest BCUT2D eigenvalue weighted by atomic mass is 9.90. The van der Waals surface area contributed by atoms with Gasteiger partial charge >= 0.3 is 0 Å². The Morgan fingerprint density at radius 2 is 1.68 bits per heavy atom. The van der Waals surface area contributed by atoms with Crippen molar-refractivity contribution in [1.82, 2.24) is 10.2 Å². The fourth-order valence-corrected chi connectivity index (χ4v) is 4.99. The highest BCUT2D eigenvalue weighted by Gasteiger charge is 2.29. The van der Waals surface area contributed by atoms with Gasteiger partial charge in [0.1, 0.15) is 6.04 Å². The van der Waals surface area contributed by atoms with Crippen LogP contribution in [0.1, 0.15) is 50.7 Å². The van der Waals surface area contributed by atoms with E-state index in [9.17, 15) is 9.59 Å². The number of hydrogen-bond donors (Lipinski definition) is 1. The molecule has 3 rings (SSSR count). The van der Waals surface area contributed by atoms with Gasteiger partial charge in [0, 0.05) is 30.7 Å². The lowest BCUT2D eigenvalue weighted by molar-refractivity contribution is -0.136. The predicted octanol–water partition coefficient (Wildman–Crippen LogP) is 4.89. The number of carbonyl (C=O) groups is 2. The Morgan fingerprint density at radius 1 is 1.03 bits per heavy atom. The van der Waals surface area contributed by atoms with Crippen LogP contribution in [0.5, 0.6) is 0 Å². The van der Waals surface area contributed by atoms with Crippen molar-refractivity contribution in [3.05, 3.63) is 65.7 Å². The Labute approximate surface area is 190 Å². The average Bonchev–Trinajstić information content (AvgIpc) is 2.77. The minimum absolute atomic E-state index is 0.0414. The molecule has 1 N–H and O–H groups in total. The van der Waals surface area contributed by atoms with Crippen LogP contribution in [-0.2, 0) is 16.0 Å². The minimum Gasteiger partial charge on any atom is -0.344 e. The number of piperidine rings is 1. The van der Waals surface area contributed by atoms with E-state index in [1.54, 1.807) is 11.8 Å². The summed E-state index contributed by atoms with van der Waals surface area (Å²) in [5.74, 6) is 1.54. The molecule has 1 fully saturated rings. The van der Waals surface area contributed by atoms with E-state index in [-0.39, 0.29) is 11.8 Å². The van der Waals surface area contributed by atoms with Crippen molar-refractivity contribution < 1.29 is 9.59 Å². The molecule has 0 aromatic heterocycles. The second-order valence-electron chi connectivity index (χ2n) is 8.75. The zero-order valence-corrected chi connectivity index (χ0v) is 19.7. The van der Waals surface area contributed by atoms with Crippen LogP contribution in [0.2, 0.25) is 0 Å². The van der Waals surface area contributed by atoms with Gasteiger partial charge in [-0.25, -0.2) is 0 Å². The molecule has 0 spiro atoms. The molecule has 0 radical (unpaired) electrons. The van der Waals surface area contributed by atoms with Crippen molar-refractivity contribution in [2.75, 3.05) is 18.8 Å². The van der Waals surface area contributed by atoms with E-state index in [0.717, 1.165) is 37.2 Å². The van der Waals surface area contributed by atoms with E-state index in [2.05, 4.69) is 67.7 Å². The maximum absolute atomic E-state index is 13.2. The third-order valence-electron chi connectivity index (χ3n) is 5.93. The lowest BCUT2D eigenvalue weighted by Crippen LogP contribution is -2.51. The van der Waals surface area contributed by atoms with E-state index in [0.29, 0.717) is 17.6 Å². The van der Waals surface area contributed by atoms with Crippen molar-refractivity contribution in [2.24, 2.45) is 5.92 Å². The largest absolute Gasteiger partial charge is 0.344 e.